The third-order valence-electron chi connectivity index (χ3n) is 12.9. The number of anilines is 3. The maximum Gasteiger partial charge on any atom is 0.333 e. The molecule has 8 aromatic rings. The van der Waals surface area contributed by atoms with E-state index in [-0.39, 0.29) is 23.1 Å². The molecule has 2 aliphatic heterocycles. The van der Waals surface area contributed by atoms with Gasteiger partial charge < -0.3 is 9.38 Å². The van der Waals surface area contributed by atoms with Gasteiger partial charge in [-0.15, -0.1) is 0 Å². The summed E-state index contributed by atoms with van der Waals surface area (Å²) in [6.45, 7) is 23.3. The zero-order valence-corrected chi connectivity index (χ0v) is 35.8. The van der Waals surface area contributed by atoms with Crippen molar-refractivity contribution < 1.29 is 0 Å². The second kappa shape index (κ2) is 12.6. The monoisotopic (exact) mass is 752 g/mol. The minimum Gasteiger partial charge on any atom is -0.375 e. The van der Waals surface area contributed by atoms with Crippen LogP contribution >= 0.6 is 0 Å². The lowest BCUT2D eigenvalue weighted by molar-refractivity contribution is 0.589. The topological polar surface area (TPSA) is 8.17 Å². The third kappa shape index (κ3) is 5.53. The number of hydrogen-bond donors (Lipinski definition) is 0. The molecule has 2 aliphatic rings. The Bertz CT molecular complexity index is 2940. The minimum absolute atomic E-state index is 0.0574. The van der Waals surface area contributed by atoms with Gasteiger partial charge in [0.15, 0.2) is 0 Å². The molecule has 0 fully saturated rings. The number of hydrogen-bond acceptors (Lipinski definition) is 1. The normalized spacial score (nSPS) is 13.6. The first-order chi connectivity index (χ1) is 27.6. The molecule has 0 aliphatic carbocycles. The lowest BCUT2D eigenvalue weighted by Crippen LogP contribution is -2.57. The van der Waals surface area contributed by atoms with Gasteiger partial charge in [-0.25, -0.2) is 0 Å². The largest absolute Gasteiger partial charge is 0.375 e. The van der Waals surface area contributed by atoms with Crippen LogP contribution in [0.4, 0.5) is 17.1 Å². The predicted octanol–water partition coefficient (Wildman–Crippen LogP) is 13.7. The summed E-state index contributed by atoms with van der Waals surface area (Å²) in [7, 11) is 0. The summed E-state index contributed by atoms with van der Waals surface area (Å²) < 4.78 is 2.75. The zero-order valence-electron chi connectivity index (χ0n) is 35.8. The average molecular weight is 753 g/mol. The molecule has 0 amide bonds. The zero-order chi connectivity index (χ0) is 40.5. The van der Waals surface area contributed by atoms with E-state index >= 15 is 0 Å². The second-order valence-corrected chi connectivity index (χ2v) is 19.9. The van der Waals surface area contributed by atoms with Crippen molar-refractivity contribution in [2.75, 3.05) is 4.90 Å². The van der Waals surface area contributed by atoms with Gasteiger partial charge in [-0.1, -0.05) is 165 Å². The summed E-state index contributed by atoms with van der Waals surface area (Å²) >= 11 is 0. The average Bonchev–Trinajstić information content (AvgIpc) is 3.53. The molecule has 10 rings (SSSR count). The molecule has 3 heteroatoms. The summed E-state index contributed by atoms with van der Waals surface area (Å²) in [5.74, 6) is 0. The van der Waals surface area contributed by atoms with Gasteiger partial charge in [-0.2, -0.15) is 0 Å². The highest BCUT2D eigenvalue weighted by atomic mass is 15.2. The summed E-state index contributed by atoms with van der Waals surface area (Å²) in [6, 6.07) is 53.5. The Kier molecular flexibility index (Phi) is 7.94. The lowest BCUT2D eigenvalue weighted by Gasteiger charge is -2.42. The molecule has 0 spiro atoms. The van der Waals surface area contributed by atoms with Crippen LogP contribution in [-0.4, -0.2) is 11.3 Å². The minimum atomic E-state index is -0.0752. The van der Waals surface area contributed by atoms with Gasteiger partial charge in [0, 0.05) is 44.8 Å². The van der Waals surface area contributed by atoms with Gasteiger partial charge in [0.25, 0.3) is 0 Å². The first kappa shape index (κ1) is 36.5. The lowest BCUT2D eigenvalue weighted by atomic mass is 9.44. The van der Waals surface area contributed by atoms with Crippen LogP contribution < -0.4 is 15.8 Å². The molecule has 0 unspecified atom stereocenters. The molecule has 0 bridgehead atoms. The molecule has 286 valence electrons. The van der Waals surface area contributed by atoms with Crippen molar-refractivity contribution in [1.82, 2.24) is 4.48 Å². The number of nitrogens with zero attached hydrogens (tertiary/aromatic N) is 2. The van der Waals surface area contributed by atoms with E-state index in [4.69, 9.17) is 0 Å². The number of benzene rings is 7. The number of fused-ring (bicyclic) bond motifs is 5. The van der Waals surface area contributed by atoms with Crippen molar-refractivity contribution in [3.8, 4) is 33.5 Å². The van der Waals surface area contributed by atoms with Gasteiger partial charge in [-0.3, -0.25) is 0 Å². The fraction of sp³-hybridized carbons (Fsp3) is 0.236. The molecule has 1 aromatic heterocycles. The standard InChI is InChI=1S/C55H53BN2/c1-34-18-14-17-23-42(34)49-45-32-39(54(5,6)7)31-44-43-30-40(55(8,9)10)33-48-50(43)56(58(52(44)45)51(49)35-19-12-11-13-20-35)46-28-36-21-15-16-22-37(36)29-47(46)57(48)41-26-24-38(25-27-41)53(2,3)4/h11-33H,1-10H3. The molecular weight excluding hydrogens is 699 g/mol. The van der Waals surface area contributed by atoms with Crippen molar-refractivity contribution >= 4 is 56.5 Å². The third-order valence-corrected chi connectivity index (χ3v) is 12.9. The summed E-state index contributed by atoms with van der Waals surface area (Å²) in [5, 5.41) is 3.84. The van der Waals surface area contributed by atoms with E-state index in [2.05, 4.69) is 218 Å². The van der Waals surface area contributed by atoms with E-state index in [0.29, 0.717) is 0 Å². The van der Waals surface area contributed by atoms with Crippen molar-refractivity contribution in [3.05, 3.63) is 162 Å². The van der Waals surface area contributed by atoms with Gasteiger partial charge in [0.1, 0.15) is 0 Å². The number of aromatic nitrogens is 1. The molecule has 2 nitrogen and oxygen atoms in total. The smallest absolute Gasteiger partial charge is 0.333 e. The highest BCUT2D eigenvalue weighted by Crippen LogP contribution is 2.52. The molecular formula is C55H53BN2. The van der Waals surface area contributed by atoms with E-state index in [9.17, 15) is 0 Å². The van der Waals surface area contributed by atoms with E-state index in [1.807, 2.05) is 0 Å². The van der Waals surface area contributed by atoms with Crippen LogP contribution in [0.2, 0.25) is 0 Å². The van der Waals surface area contributed by atoms with Crippen LogP contribution in [-0.2, 0) is 16.2 Å². The summed E-state index contributed by atoms with van der Waals surface area (Å²) in [6.07, 6.45) is 0. The molecule has 0 radical (unpaired) electrons. The van der Waals surface area contributed by atoms with Crippen molar-refractivity contribution in [2.45, 2.75) is 85.5 Å². The Hall–Kier alpha value is -5.80. The van der Waals surface area contributed by atoms with Crippen molar-refractivity contribution in [2.24, 2.45) is 0 Å². The van der Waals surface area contributed by atoms with E-state index in [1.54, 1.807) is 0 Å². The molecule has 58 heavy (non-hydrogen) atoms. The van der Waals surface area contributed by atoms with Crippen molar-refractivity contribution in [3.63, 3.8) is 0 Å². The van der Waals surface area contributed by atoms with Crippen molar-refractivity contribution in [1.29, 1.82) is 0 Å². The highest BCUT2D eigenvalue weighted by molar-refractivity contribution is 6.90. The molecule has 0 atom stereocenters. The first-order valence-corrected chi connectivity index (χ1v) is 21.1. The van der Waals surface area contributed by atoms with E-state index in [1.165, 1.54) is 105 Å². The van der Waals surface area contributed by atoms with Crippen LogP contribution in [0.25, 0.3) is 55.2 Å². The maximum atomic E-state index is 2.75. The van der Waals surface area contributed by atoms with Crippen LogP contribution in [0.5, 0.6) is 0 Å². The molecule has 0 N–H and O–H groups in total. The van der Waals surface area contributed by atoms with Crippen LogP contribution in [0, 0.1) is 6.92 Å². The van der Waals surface area contributed by atoms with Crippen LogP contribution in [0.15, 0.2) is 140 Å². The molecule has 0 saturated carbocycles. The van der Waals surface area contributed by atoms with Gasteiger partial charge in [-0.05, 0) is 120 Å². The van der Waals surface area contributed by atoms with Crippen LogP contribution in [0.1, 0.15) is 84.6 Å². The molecule has 0 saturated heterocycles. The van der Waals surface area contributed by atoms with E-state index in [0.717, 1.165) is 0 Å². The quantitative estimate of drug-likeness (QED) is 0.163. The fourth-order valence-corrected chi connectivity index (χ4v) is 9.71. The Morgan fingerprint density at radius 3 is 1.72 bits per heavy atom. The van der Waals surface area contributed by atoms with Gasteiger partial charge in [0.05, 0.1) is 0 Å². The molecule has 7 aromatic carbocycles. The van der Waals surface area contributed by atoms with Gasteiger partial charge >= 0.3 is 6.85 Å². The first-order valence-electron chi connectivity index (χ1n) is 21.1. The predicted molar refractivity (Wildman–Crippen MR) is 252 cm³/mol. The van der Waals surface area contributed by atoms with Gasteiger partial charge in [0.2, 0.25) is 0 Å². The van der Waals surface area contributed by atoms with Crippen LogP contribution in [0.3, 0.4) is 0 Å². The second-order valence-electron chi connectivity index (χ2n) is 19.9. The number of aryl methyl sites for hydroxylation is 1. The highest BCUT2D eigenvalue weighted by Gasteiger charge is 2.45. The Balaban J connectivity index is 1.43. The molecule has 3 heterocycles. The maximum absolute atomic E-state index is 2.75. The Labute approximate surface area is 345 Å². The SMILES string of the molecule is Cc1ccccc1-c1c(-c2ccccc2)n2c3c(cc(C(C)(C)C)cc13)-c1cc(C(C)(C)C)cc3c1B2c1cc2ccccc2cc1N3c1ccc(C(C)(C)C)cc1. The number of rotatable bonds is 3. The summed E-state index contributed by atoms with van der Waals surface area (Å²) in [5.41, 5.74) is 20.8. The van der Waals surface area contributed by atoms with E-state index < -0.39 is 0 Å². The Morgan fingerprint density at radius 2 is 1.07 bits per heavy atom. The Morgan fingerprint density at radius 1 is 0.483 bits per heavy atom. The summed E-state index contributed by atoms with van der Waals surface area (Å²) in [4.78, 5) is 2.59. The fourth-order valence-electron chi connectivity index (χ4n) is 9.71.